The maximum atomic E-state index is 13.6. The van der Waals surface area contributed by atoms with E-state index >= 15 is 0 Å². The molecule has 0 N–H and O–H groups in total. The highest BCUT2D eigenvalue weighted by Gasteiger charge is 2.38. The Hall–Kier alpha value is -1.21. The number of esters is 1. The minimum atomic E-state index is -0.428. The van der Waals surface area contributed by atoms with Crippen LogP contribution in [0.1, 0.15) is 68.0 Å². The number of ether oxygens (including phenoxy) is 1. The molecule has 7 heteroatoms. The summed E-state index contributed by atoms with van der Waals surface area (Å²) in [6, 6.07) is -0.0520. The summed E-state index contributed by atoms with van der Waals surface area (Å²) in [5.41, 5.74) is 0.620. The van der Waals surface area contributed by atoms with Crippen molar-refractivity contribution < 1.29 is 19.1 Å². The number of Topliss-reactive ketones (excluding diaryl/α,β-unsaturated/α-hetero) is 1. The molecule has 0 spiro atoms. The highest BCUT2D eigenvalue weighted by Crippen LogP contribution is 2.41. The van der Waals surface area contributed by atoms with Crippen LogP contribution in [0.15, 0.2) is 9.85 Å². The Kier molecular flexibility index (Phi) is 6.74. The third-order valence-corrected chi connectivity index (χ3v) is 7.67. The fourth-order valence-electron chi connectivity index (χ4n) is 4.15. The van der Waals surface area contributed by atoms with Crippen LogP contribution < -0.4 is 4.90 Å². The molecule has 0 saturated heterocycles. The van der Waals surface area contributed by atoms with Crippen LogP contribution in [0, 0.1) is 11.8 Å². The Morgan fingerprint density at radius 3 is 2.37 bits per heavy atom. The molecule has 0 aliphatic heterocycles. The molecule has 2 saturated carbocycles. The van der Waals surface area contributed by atoms with Gasteiger partial charge >= 0.3 is 5.97 Å². The van der Waals surface area contributed by atoms with Crippen LogP contribution in [0.2, 0.25) is 0 Å². The number of methoxy groups -OCH3 is 1. The molecule has 27 heavy (non-hydrogen) atoms. The van der Waals surface area contributed by atoms with Gasteiger partial charge in [-0.25, -0.2) is 4.79 Å². The Morgan fingerprint density at radius 2 is 1.78 bits per heavy atom. The van der Waals surface area contributed by atoms with Crippen LogP contribution in [0.5, 0.6) is 0 Å². The Balaban J connectivity index is 1.95. The van der Waals surface area contributed by atoms with Gasteiger partial charge in [-0.15, -0.1) is 11.3 Å². The number of thiophene rings is 1. The lowest BCUT2D eigenvalue weighted by Crippen LogP contribution is -2.46. The zero-order valence-corrected chi connectivity index (χ0v) is 18.2. The predicted molar refractivity (Wildman–Crippen MR) is 109 cm³/mol. The van der Waals surface area contributed by atoms with E-state index in [0.29, 0.717) is 42.2 Å². The lowest BCUT2D eigenvalue weighted by Gasteiger charge is -2.38. The third-order valence-electron chi connectivity index (χ3n) is 5.81. The average molecular weight is 456 g/mol. The number of anilines is 1. The standard InChI is InChI=1S/C20H26BrNO4S/c1-12-3-5-13(6-4-12)19(24)22(14-7-9-15(23)10-8-14)17-16(21)11-27-18(17)20(25)26-2/h11-14H,3-10H2,1-2H3. The van der Waals surface area contributed by atoms with E-state index in [4.69, 9.17) is 4.74 Å². The summed E-state index contributed by atoms with van der Waals surface area (Å²) in [5.74, 6) is 0.556. The Labute approximate surface area is 172 Å². The first-order valence-corrected chi connectivity index (χ1v) is 11.3. The first-order valence-electron chi connectivity index (χ1n) is 9.62. The van der Waals surface area contributed by atoms with Crippen molar-refractivity contribution in [1.29, 1.82) is 0 Å². The molecule has 3 rings (SSSR count). The first kappa shape index (κ1) is 20.5. The number of ketones is 1. The summed E-state index contributed by atoms with van der Waals surface area (Å²) in [5, 5.41) is 1.83. The second-order valence-electron chi connectivity index (χ2n) is 7.69. The van der Waals surface area contributed by atoms with E-state index in [1.807, 2.05) is 10.3 Å². The largest absolute Gasteiger partial charge is 0.465 e. The van der Waals surface area contributed by atoms with Gasteiger partial charge in [0.25, 0.3) is 0 Å². The van der Waals surface area contributed by atoms with Gasteiger partial charge in [0, 0.05) is 30.2 Å². The van der Waals surface area contributed by atoms with Crippen molar-refractivity contribution in [2.45, 2.75) is 64.3 Å². The minimum Gasteiger partial charge on any atom is -0.465 e. The molecular formula is C20H26BrNO4S. The van der Waals surface area contributed by atoms with E-state index < -0.39 is 5.97 Å². The van der Waals surface area contributed by atoms with Gasteiger partial charge in [0.15, 0.2) is 0 Å². The quantitative estimate of drug-likeness (QED) is 0.601. The van der Waals surface area contributed by atoms with Crippen LogP contribution in [0.4, 0.5) is 5.69 Å². The number of carbonyl (C=O) groups excluding carboxylic acids is 3. The van der Waals surface area contributed by atoms with Crippen molar-refractivity contribution >= 4 is 50.6 Å². The summed E-state index contributed by atoms with van der Waals surface area (Å²) in [6.45, 7) is 2.23. The Bertz CT molecular complexity index is 714. The van der Waals surface area contributed by atoms with Gasteiger partial charge in [0.1, 0.15) is 10.7 Å². The molecule has 1 aromatic rings. The molecule has 148 valence electrons. The van der Waals surface area contributed by atoms with Crippen LogP contribution in [-0.4, -0.2) is 30.8 Å². The second-order valence-corrected chi connectivity index (χ2v) is 9.42. The second kappa shape index (κ2) is 8.86. The summed E-state index contributed by atoms with van der Waals surface area (Å²) >= 11 is 4.82. The average Bonchev–Trinajstić information content (AvgIpc) is 3.04. The van der Waals surface area contributed by atoms with Crippen molar-refractivity contribution in [3.8, 4) is 0 Å². The molecule has 2 fully saturated rings. The topological polar surface area (TPSA) is 63.7 Å². The molecule has 0 bridgehead atoms. The number of nitrogens with zero attached hydrogens (tertiary/aromatic N) is 1. The van der Waals surface area contributed by atoms with E-state index in [2.05, 4.69) is 22.9 Å². The van der Waals surface area contributed by atoms with Gasteiger partial charge in [-0.3, -0.25) is 9.59 Å². The zero-order valence-electron chi connectivity index (χ0n) is 15.8. The third kappa shape index (κ3) is 4.45. The highest BCUT2D eigenvalue weighted by atomic mass is 79.9. The summed E-state index contributed by atoms with van der Waals surface area (Å²) in [6.07, 6.45) is 6.17. The molecule has 0 radical (unpaired) electrons. The number of hydrogen-bond acceptors (Lipinski definition) is 5. The molecule has 0 atom stereocenters. The molecule has 1 aromatic heterocycles. The molecule has 2 aliphatic rings. The summed E-state index contributed by atoms with van der Waals surface area (Å²) < 4.78 is 5.68. The number of hydrogen-bond donors (Lipinski definition) is 0. The molecule has 1 heterocycles. The van der Waals surface area contributed by atoms with Crippen LogP contribution >= 0.6 is 27.3 Å². The first-order chi connectivity index (χ1) is 12.9. The zero-order chi connectivity index (χ0) is 19.6. The van der Waals surface area contributed by atoms with Crippen LogP contribution in [0.25, 0.3) is 0 Å². The maximum Gasteiger partial charge on any atom is 0.350 e. The van der Waals surface area contributed by atoms with E-state index in [-0.39, 0.29) is 23.7 Å². The van der Waals surface area contributed by atoms with E-state index in [9.17, 15) is 14.4 Å². The predicted octanol–water partition coefficient (Wildman–Crippen LogP) is 4.97. The fraction of sp³-hybridized carbons (Fsp3) is 0.650. The Morgan fingerprint density at radius 1 is 1.15 bits per heavy atom. The molecule has 1 amide bonds. The summed E-state index contributed by atoms with van der Waals surface area (Å²) in [4.78, 5) is 39.9. The van der Waals surface area contributed by atoms with Gasteiger partial charge in [0.05, 0.1) is 17.3 Å². The summed E-state index contributed by atoms with van der Waals surface area (Å²) in [7, 11) is 1.35. The molecule has 0 unspecified atom stereocenters. The van der Waals surface area contributed by atoms with E-state index in [0.717, 1.165) is 30.2 Å². The van der Waals surface area contributed by atoms with Gasteiger partial charge < -0.3 is 9.64 Å². The fourth-order valence-corrected chi connectivity index (χ4v) is 5.79. The smallest absolute Gasteiger partial charge is 0.350 e. The van der Waals surface area contributed by atoms with Crippen LogP contribution in [0.3, 0.4) is 0 Å². The van der Waals surface area contributed by atoms with Crippen molar-refractivity contribution in [3.05, 3.63) is 14.7 Å². The van der Waals surface area contributed by atoms with Crippen molar-refractivity contribution in [1.82, 2.24) is 0 Å². The van der Waals surface area contributed by atoms with E-state index in [1.54, 1.807) is 0 Å². The SMILES string of the molecule is COC(=O)c1scc(Br)c1N(C(=O)C1CCC(C)CC1)C1CCC(=O)CC1. The number of carbonyl (C=O) groups is 3. The van der Waals surface area contributed by atoms with Crippen molar-refractivity contribution in [2.24, 2.45) is 11.8 Å². The minimum absolute atomic E-state index is 0.0175. The highest BCUT2D eigenvalue weighted by molar-refractivity contribution is 9.10. The van der Waals surface area contributed by atoms with Gasteiger partial charge in [-0.05, 0) is 60.4 Å². The van der Waals surface area contributed by atoms with Crippen LogP contribution in [-0.2, 0) is 14.3 Å². The maximum absolute atomic E-state index is 13.6. The van der Waals surface area contributed by atoms with Gasteiger partial charge in [0.2, 0.25) is 5.91 Å². The number of rotatable bonds is 4. The monoisotopic (exact) mass is 455 g/mol. The molecule has 5 nitrogen and oxygen atoms in total. The lowest BCUT2D eigenvalue weighted by atomic mass is 9.81. The molecule has 0 aromatic carbocycles. The molecule has 2 aliphatic carbocycles. The van der Waals surface area contributed by atoms with E-state index in [1.165, 1.54) is 18.4 Å². The molecular weight excluding hydrogens is 430 g/mol. The number of halogens is 1. The van der Waals surface area contributed by atoms with Gasteiger partial charge in [-0.1, -0.05) is 6.92 Å². The number of amides is 1. The normalized spacial score (nSPS) is 23.9. The lowest BCUT2D eigenvalue weighted by molar-refractivity contribution is -0.125. The van der Waals surface area contributed by atoms with Crippen molar-refractivity contribution in [2.75, 3.05) is 12.0 Å². The van der Waals surface area contributed by atoms with Gasteiger partial charge in [-0.2, -0.15) is 0 Å². The van der Waals surface area contributed by atoms with Crippen molar-refractivity contribution in [3.63, 3.8) is 0 Å².